The van der Waals surface area contributed by atoms with Gasteiger partial charge in [-0.15, -0.1) is 0 Å². The van der Waals surface area contributed by atoms with Gasteiger partial charge in [0.15, 0.2) is 0 Å². The fraction of sp³-hybridized carbons (Fsp3) is 0.250. The van der Waals surface area contributed by atoms with Gasteiger partial charge in [-0.1, -0.05) is 17.7 Å². The number of benzene rings is 2. The SMILES string of the molecule is CC(C)(C)OC(=O)c1ccc(NCc2ccc3nc(N)nc(N)c3c2Cl)cc1. The first-order chi connectivity index (χ1) is 13.1. The maximum atomic E-state index is 12.1. The van der Waals surface area contributed by atoms with Crippen LogP contribution in [0.15, 0.2) is 36.4 Å². The van der Waals surface area contributed by atoms with E-state index in [0.717, 1.165) is 11.3 Å². The minimum absolute atomic E-state index is 0.108. The van der Waals surface area contributed by atoms with Crippen LogP contribution in [0.3, 0.4) is 0 Å². The summed E-state index contributed by atoms with van der Waals surface area (Å²) in [6.07, 6.45) is 0. The number of esters is 1. The van der Waals surface area contributed by atoms with Crippen LogP contribution in [0, 0.1) is 0 Å². The molecule has 0 fully saturated rings. The number of carbonyl (C=O) groups is 1. The molecule has 0 amide bonds. The molecule has 0 spiro atoms. The fourth-order valence-electron chi connectivity index (χ4n) is 2.67. The van der Waals surface area contributed by atoms with Gasteiger partial charge in [0.1, 0.15) is 11.4 Å². The van der Waals surface area contributed by atoms with Crippen LogP contribution in [0.25, 0.3) is 10.9 Å². The van der Waals surface area contributed by atoms with Crippen LogP contribution >= 0.6 is 11.6 Å². The molecule has 0 radical (unpaired) electrons. The highest BCUT2D eigenvalue weighted by Gasteiger charge is 2.17. The number of rotatable bonds is 4. The third-order valence-electron chi connectivity index (χ3n) is 3.93. The summed E-state index contributed by atoms with van der Waals surface area (Å²) < 4.78 is 5.36. The molecule has 0 atom stereocenters. The highest BCUT2D eigenvalue weighted by molar-refractivity contribution is 6.37. The molecule has 0 saturated carbocycles. The van der Waals surface area contributed by atoms with E-state index in [1.54, 1.807) is 18.2 Å². The van der Waals surface area contributed by atoms with Crippen molar-refractivity contribution in [1.29, 1.82) is 0 Å². The van der Waals surface area contributed by atoms with Gasteiger partial charge < -0.3 is 21.5 Å². The Hall–Kier alpha value is -3.06. The lowest BCUT2D eigenvalue weighted by atomic mass is 10.1. The zero-order chi connectivity index (χ0) is 20.5. The number of halogens is 1. The molecule has 3 rings (SSSR count). The minimum atomic E-state index is -0.531. The molecule has 0 saturated heterocycles. The normalized spacial score (nSPS) is 11.4. The van der Waals surface area contributed by atoms with Crippen LogP contribution < -0.4 is 16.8 Å². The zero-order valence-electron chi connectivity index (χ0n) is 15.9. The smallest absolute Gasteiger partial charge is 0.338 e. The van der Waals surface area contributed by atoms with E-state index >= 15 is 0 Å². The Morgan fingerprint density at radius 2 is 1.79 bits per heavy atom. The molecule has 2 aromatic carbocycles. The van der Waals surface area contributed by atoms with Gasteiger partial charge in [-0.3, -0.25) is 0 Å². The van der Waals surface area contributed by atoms with Gasteiger partial charge in [0.05, 0.1) is 21.5 Å². The monoisotopic (exact) mass is 399 g/mol. The number of carbonyl (C=O) groups excluding carboxylic acids is 1. The quantitative estimate of drug-likeness (QED) is 0.567. The first-order valence-electron chi connectivity index (χ1n) is 8.71. The Kier molecular flexibility index (Phi) is 5.29. The number of nitrogens with zero attached hydrogens (tertiary/aromatic N) is 2. The van der Waals surface area contributed by atoms with Crippen molar-refractivity contribution >= 4 is 45.9 Å². The predicted octanol–water partition coefficient (Wildman–Crippen LogP) is 4.02. The number of ether oxygens (including phenoxy) is 1. The van der Waals surface area contributed by atoms with Gasteiger partial charge in [-0.05, 0) is 56.7 Å². The topological polar surface area (TPSA) is 116 Å². The summed E-state index contributed by atoms with van der Waals surface area (Å²) >= 11 is 6.49. The number of nitrogens with two attached hydrogens (primary N) is 2. The first kappa shape index (κ1) is 19.7. The van der Waals surface area contributed by atoms with Gasteiger partial charge in [0.25, 0.3) is 0 Å². The van der Waals surface area contributed by atoms with Gasteiger partial charge in [-0.25, -0.2) is 9.78 Å². The number of hydrogen-bond donors (Lipinski definition) is 3. The van der Waals surface area contributed by atoms with E-state index in [9.17, 15) is 4.79 Å². The van der Waals surface area contributed by atoms with Gasteiger partial charge in [0, 0.05) is 12.2 Å². The van der Waals surface area contributed by atoms with Crippen molar-refractivity contribution in [2.45, 2.75) is 32.9 Å². The molecule has 5 N–H and O–H groups in total. The largest absolute Gasteiger partial charge is 0.456 e. The summed E-state index contributed by atoms with van der Waals surface area (Å²) in [6.45, 7) is 5.96. The second-order valence-electron chi connectivity index (χ2n) is 7.33. The lowest BCUT2D eigenvalue weighted by Gasteiger charge is -2.19. The summed E-state index contributed by atoms with van der Waals surface area (Å²) in [5.41, 5.74) is 13.8. The Morgan fingerprint density at radius 3 is 2.43 bits per heavy atom. The van der Waals surface area contributed by atoms with Crippen LogP contribution in [0.5, 0.6) is 0 Å². The van der Waals surface area contributed by atoms with E-state index in [1.165, 1.54) is 0 Å². The molecule has 0 aliphatic rings. The van der Waals surface area contributed by atoms with Crippen LogP contribution in [-0.2, 0) is 11.3 Å². The Balaban J connectivity index is 1.74. The van der Waals surface area contributed by atoms with Crippen LogP contribution in [0.2, 0.25) is 5.02 Å². The molecular formula is C20H22ClN5O2. The lowest BCUT2D eigenvalue weighted by molar-refractivity contribution is 0.00696. The van der Waals surface area contributed by atoms with Crippen LogP contribution in [0.1, 0.15) is 36.7 Å². The van der Waals surface area contributed by atoms with Crippen molar-refractivity contribution in [3.05, 3.63) is 52.5 Å². The number of hydrogen-bond acceptors (Lipinski definition) is 7. The highest BCUT2D eigenvalue weighted by atomic mass is 35.5. The van der Waals surface area contributed by atoms with E-state index in [2.05, 4.69) is 15.3 Å². The van der Waals surface area contributed by atoms with Crippen molar-refractivity contribution in [3.63, 3.8) is 0 Å². The third-order valence-corrected chi connectivity index (χ3v) is 4.36. The zero-order valence-corrected chi connectivity index (χ0v) is 16.7. The molecular weight excluding hydrogens is 378 g/mol. The lowest BCUT2D eigenvalue weighted by Crippen LogP contribution is -2.23. The molecule has 28 heavy (non-hydrogen) atoms. The van der Waals surface area contributed by atoms with Gasteiger partial charge in [-0.2, -0.15) is 4.98 Å². The van der Waals surface area contributed by atoms with Crippen molar-refractivity contribution in [2.75, 3.05) is 16.8 Å². The molecule has 1 aromatic heterocycles. The van der Waals surface area contributed by atoms with Crippen LogP contribution in [0.4, 0.5) is 17.5 Å². The van der Waals surface area contributed by atoms with E-state index in [1.807, 2.05) is 39.0 Å². The molecule has 1 heterocycles. The molecule has 0 unspecified atom stereocenters. The standard InChI is InChI=1S/C20H22ClN5O2/c1-20(2,3)28-18(27)11-4-7-13(8-5-11)24-10-12-6-9-14-15(16(12)21)17(22)26-19(23)25-14/h4-9,24H,10H2,1-3H3,(H4,22,23,25,26). The average molecular weight is 400 g/mol. The predicted molar refractivity (Wildman–Crippen MR) is 112 cm³/mol. The van der Waals surface area contributed by atoms with Crippen molar-refractivity contribution in [3.8, 4) is 0 Å². The van der Waals surface area contributed by atoms with Gasteiger partial charge >= 0.3 is 5.97 Å². The highest BCUT2D eigenvalue weighted by Crippen LogP contribution is 2.31. The van der Waals surface area contributed by atoms with E-state index in [4.69, 9.17) is 27.8 Å². The Labute approximate surface area is 168 Å². The first-order valence-corrected chi connectivity index (χ1v) is 9.09. The van der Waals surface area contributed by atoms with Crippen molar-refractivity contribution in [2.24, 2.45) is 0 Å². The molecule has 0 aliphatic heterocycles. The number of nitrogens with one attached hydrogen (secondary N) is 1. The molecule has 0 bridgehead atoms. The number of anilines is 3. The van der Waals surface area contributed by atoms with Gasteiger partial charge in [0.2, 0.25) is 5.95 Å². The van der Waals surface area contributed by atoms with Crippen LogP contribution in [-0.4, -0.2) is 21.5 Å². The minimum Gasteiger partial charge on any atom is -0.456 e. The third kappa shape index (κ3) is 4.43. The summed E-state index contributed by atoms with van der Waals surface area (Å²) in [5.74, 6) is -0.000505. The maximum Gasteiger partial charge on any atom is 0.338 e. The second kappa shape index (κ2) is 7.52. The summed E-state index contributed by atoms with van der Waals surface area (Å²) in [7, 11) is 0. The molecule has 0 aliphatic carbocycles. The summed E-state index contributed by atoms with van der Waals surface area (Å²) in [4.78, 5) is 20.2. The number of fused-ring (bicyclic) bond motifs is 1. The van der Waals surface area contributed by atoms with Crippen molar-refractivity contribution in [1.82, 2.24) is 9.97 Å². The molecule has 8 heteroatoms. The molecule has 3 aromatic rings. The summed E-state index contributed by atoms with van der Waals surface area (Å²) in [5, 5.41) is 4.33. The summed E-state index contributed by atoms with van der Waals surface area (Å²) in [6, 6.07) is 10.7. The fourth-order valence-corrected chi connectivity index (χ4v) is 2.99. The van der Waals surface area contributed by atoms with E-state index in [0.29, 0.717) is 28.0 Å². The number of nitrogen functional groups attached to an aromatic ring is 2. The number of aromatic nitrogens is 2. The Bertz CT molecular complexity index is 1030. The average Bonchev–Trinajstić information content (AvgIpc) is 2.59. The molecule has 146 valence electrons. The van der Waals surface area contributed by atoms with E-state index in [-0.39, 0.29) is 17.7 Å². The Morgan fingerprint density at radius 1 is 1.11 bits per heavy atom. The maximum absolute atomic E-state index is 12.1. The second-order valence-corrected chi connectivity index (χ2v) is 7.71. The molecule has 7 nitrogen and oxygen atoms in total. The van der Waals surface area contributed by atoms with Crippen molar-refractivity contribution < 1.29 is 9.53 Å². The van der Waals surface area contributed by atoms with E-state index < -0.39 is 5.60 Å².